The topological polar surface area (TPSA) is 48.1 Å². The average molecular weight is 305 g/mol. The second-order valence-corrected chi connectivity index (χ2v) is 5.65. The van der Waals surface area contributed by atoms with Gasteiger partial charge >= 0.3 is 0 Å². The van der Waals surface area contributed by atoms with Gasteiger partial charge in [-0.2, -0.15) is 4.68 Å². The Balaban J connectivity index is 1.90. The van der Waals surface area contributed by atoms with Gasteiger partial charge in [-0.3, -0.25) is 4.90 Å². The number of morpholine rings is 1. The van der Waals surface area contributed by atoms with Gasteiger partial charge in [-0.1, -0.05) is 18.2 Å². The highest BCUT2D eigenvalue weighted by Crippen LogP contribution is 2.17. The van der Waals surface area contributed by atoms with Crippen LogP contribution in [0, 0.1) is 18.6 Å². The van der Waals surface area contributed by atoms with E-state index in [-0.39, 0.29) is 0 Å². The van der Waals surface area contributed by atoms with Gasteiger partial charge in [0, 0.05) is 13.1 Å². The summed E-state index contributed by atoms with van der Waals surface area (Å²) in [6.07, 6.45) is 0. The summed E-state index contributed by atoms with van der Waals surface area (Å²) < 4.78 is 9.50. The highest BCUT2D eigenvalue weighted by molar-refractivity contribution is 7.71. The molecule has 0 spiro atoms. The second kappa shape index (κ2) is 6.05. The van der Waals surface area contributed by atoms with Crippen LogP contribution in [-0.2, 0) is 11.4 Å². The van der Waals surface area contributed by atoms with E-state index >= 15 is 0 Å². The third-order valence-electron chi connectivity index (χ3n) is 3.73. The van der Waals surface area contributed by atoms with Crippen molar-refractivity contribution in [3.05, 3.63) is 34.1 Å². The molecular weight excluding hydrogens is 286 g/mol. The number of rotatable bonds is 3. The van der Waals surface area contributed by atoms with E-state index in [0.29, 0.717) is 11.4 Å². The van der Waals surface area contributed by atoms with Crippen LogP contribution in [0.1, 0.15) is 11.1 Å². The van der Waals surface area contributed by atoms with Gasteiger partial charge in [0.1, 0.15) is 0 Å². The normalized spacial score (nSPS) is 16.3. The van der Waals surface area contributed by atoms with E-state index in [2.05, 4.69) is 41.3 Å². The molecule has 6 nitrogen and oxygen atoms in total. The summed E-state index contributed by atoms with van der Waals surface area (Å²) in [5, 5.41) is 8.45. The fourth-order valence-electron chi connectivity index (χ4n) is 2.58. The Labute approximate surface area is 128 Å². The minimum absolute atomic E-state index is 0.624. The number of ether oxygens (including phenoxy) is 1. The first-order chi connectivity index (χ1) is 10.2. The van der Waals surface area contributed by atoms with Crippen LogP contribution in [0.5, 0.6) is 0 Å². The summed E-state index contributed by atoms with van der Waals surface area (Å²) in [6.45, 7) is 8.11. The Morgan fingerprint density at radius 2 is 1.81 bits per heavy atom. The van der Waals surface area contributed by atoms with Crippen molar-refractivity contribution in [3.8, 4) is 5.69 Å². The zero-order valence-corrected chi connectivity index (χ0v) is 13.1. The Hall–Kier alpha value is -1.57. The van der Waals surface area contributed by atoms with E-state index in [0.717, 1.165) is 43.1 Å². The van der Waals surface area contributed by atoms with E-state index in [1.807, 2.05) is 6.07 Å². The lowest BCUT2D eigenvalue weighted by molar-refractivity contribution is 0.0207. The minimum atomic E-state index is 0.624. The largest absolute Gasteiger partial charge is 0.379 e. The number of aryl methyl sites for hydroxylation is 2. The van der Waals surface area contributed by atoms with Crippen LogP contribution in [0.2, 0.25) is 0 Å². The van der Waals surface area contributed by atoms with Gasteiger partial charge in [-0.25, -0.2) is 4.68 Å². The third kappa shape index (κ3) is 2.90. The molecule has 2 heterocycles. The van der Waals surface area contributed by atoms with Gasteiger partial charge in [0.25, 0.3) is 0 Å². The first-order valence-corrected chi connectivity index (χ1v) is 7.47. The SMILES string of the molecule is Cc1cccc(C)c1-n1nnn(CN2CCOCC2)c1=S. The van der Waals surface area contributed by atoms with Crippen LogP contribution in [-0.4, -0.2) is 51.0 Å². The van der Waals surface area contributed by atoms with E-state index in [9.17, 15) is 0 Å². The average Bonchev–Trinajstić information content (AvgIpc) is 2.82. The maximum absolute atomic E-state index is 5.54. The number of tetrazole rings is 1. The van der Waals surface area contributed by atoms with Crippen molar-refractivity contribution in [2.45, 2.75) is 20.5 Å². The van der Waals surface area contributed by atoms with E-state index in [1.165, 1.54) is 0 Å². The van der Waals surface area contributed by atoms with Crippen molar-refractivity contribution >= 4 is 12.2 Å². The fraction of sp³-hybridized carbons (Fsp3) is 0.500. The molecule has 1 aromatic heterocycles. The summed E-state index contributed by atoms with van der Waals surface area (Å²) in [4.78, 5) is 2.27. The molecule has 0 N–H and O–H groups in total. The summed E-state index contributed by atoms with van der Waals surface area (Å²) in [5.74, 6) is 0. The van der Waals surface area contributed by atoms with Crippen molar-refractivity contribution in [3.63, 3.8) is 0 Å². The first-order valence-electron chi connectivity index (χ1n) is 7.06. The molecule has 0 radical (unpaired) electrons. The van der Waals surface area contributed by atoms with E-state index in [4.69, 9.17) is 17.0 Å². The van der Waals surface area contributed by atoms with Gasteiger partial charge in [0.2, 0.25) is 4.77 Å². The Kier molecular flexibility index (Phi) is 4.14. The van der Waals surface area contributed by atoms with Crippen molar-refractivity contribution < 1.29 is 4.74 Å². The van der Waals surface area contributed by atoms with Crippen LogP contribution in [0.15, 0.2) is 18.2 Å². The monoisotopic (exact) mass is 305 g/mol. The summed E-state index contributed by atoms with van der Waals surface area (Å²) in [6, 6.07) is 6.16. The lowest BCUT2D eigenvalue weighted by Crippen LogP contribution is -2.37. The van der Waals surface area contributed by atoms with Crippen LogP contribution in [0.25, 0.3) is 5.69 Å². The Bertz CT molecular complexity index is 667. The molecule has 0 saturated carbocycles. The summed E-state index contributed by atoms with van der Waals surface area (Å²) in [5.41, 5.74) is 3.31. The summed E-state index contributed by atoms with van der Waals surface area (Å²) >= 11 is 5.54. The van der Waals surface area contributed by atoms with E-state index < -0.39 is 0 Å². The van der Waals surface area contributed by atoms with Gasteiger partial charge in [0.15, 0.2) is 0 Å². The molecule has 2 aromatic rings. The molecule has 7 heteroatoms. The molecule has 0 atom stereocenters. The minimum Gasteiger partial charge on any atom is -0.379 e. The van der Waals surface area contributed by atoms with Crippen molar-refractivity contribution in [1.82, 2.24) is 24.7 Å². The molecule has 0 aliphatic carbocycles. The highest BCUT2D eigenvalue weighted by Gasteiger charge is 2.15. The molecule has 0 bridgehead atoms. The number of para-hydroxylation sites is 1. The lowest BCUT2D eigenvalue weighted by Gasteiger charge is -2.25. The number of nitrogens with zero attached hydrogens (tertiary/aromatic N) is 5. The summed E-state index contributed by atoms with van der Waals surface area (Å²) in [7, 11) is 0. The maximum Gasteiger partial charge on any atom is 0.221 e. The molecular formula is C14H19N5OS. The number of hydrogen-bond donors (Lipinski definition) is 0. The predicted molar refractivity (Wildman–Crippen MR) is 82.0 cm³/mol. The number of aromatic nitrogens is 4. The number of benzene rings is 1. The molecule has 1 aromatic carbocycles. The third-order valence-corrected chi connectivity index (χ3v) is 4.11. The zero-order valence-electron chi connectivity index (χ0n) is 12.3. The van der Waals surface area contributed by atoms with Gasteiger partial charge < -0.3 is 4.74 Å². The van der Waals surface area contributed by atoms with Crippen molar-refractivity contribution in [2.24, 2.45) is 0 Å². The van der Waals surface area contributed by atoms with Crippen molar-refractivity contribution in [2.75, 3.05) is 26.3 Å². The van der Waals surface area contributed by atoms with Crippen LogP contribution in [0.4, 0.5) is 0 Å². The molecule has 1 aliphatic rings. The molecule has 0 amide bonds. The second-order valence-electron chi connectivity index (χ2n) is 5.29. The van der Waals surface area contributed by atoms with Gasteiger partial charge in [-0.05, 0) is 47.6 Å². The van der Waals surface area contributed by atoms with Crippen LogP contribution >= 0.6 is 12.2 Å². The molecule has 0 unspecified atom stereocenters. The van der Waals surface area contributed by atoms with Gasteiger partial charge in [0.05, 0.1) is 25.6 Å². The van der Waals surface area contributed by atoms with Crippen molar-refractivity contribution in [1.29, 1.82) is 0 Å². The number of hydrogen-bond acceptors (Lipinski definition) is 5. The lowest BCUT2D eigenvalue weighted by atomic mass is 10.1. The molecule has 3 rings (SSSR count). The molecule has 1 fully saturated rings. The standard InChI is InChI=1S/C14H19N5OS/c1-11-4-3-5-12(2)13(11)19-14(21)18(15-16-19)10-17-6-8-20-9-7-17/h3-5H,6-10H2,1-2H3. The fourth-order valence-corrected chi connectivity index (χ4v) is 2.80. The Morgan fingerprint density at radius 3 is 2.48 bits per heavy atom. The Morgan fingerprint density at radius 1 is 1.14 bits per heavy atom. The quantitative estimate of drug-likeness (QED) is 0.808. The predicted octanol–water partition coefficient (Wildman–Crippen LogP) is 1.70. The maximum atomic E-state index is 5.54. The smallest absolute Gasteiger partial charge is 0.221 e. The highest BCUT2D eigenvalue weighted by atomic mass is 32.1. The molecule has 21 heavy (non-hydrogen) atoms. The molecule has 1 aliphatic heterocycles. The van der Waals surface area contributed by atoms with Crippen LogP contribution < -0.4 is 0 Å². The molecule has 112 valence electrons. The van der Waals surface area contributed by atoms with E-state index in [1.54, 1.807) is 9.36 Å². The first kappa shape index (κ1) is 14.4. The molecule has 1 saturated heterocycles. The van der Waals surface area contributed by atoms with Gasteiger partial charge in [-0.15, -0.1) is 0 Å². The zero-order chi connectivity index (χ0) is 14.8. The van der Waals surface area contributed by atoms with Crippen LogP contribution in [0.3, 0.4) is 0 Å².